The fourth-order valence-corrected chi connectivity index (χ4v) is 5.56. The number of halogens is 5. The fourth-order valence-electron chi connectivity index (χ4n) is 5.38. The Bertz CT molecular complexity index is 1400. The summed E-state index contributed by atoms with van der Waals surface area (Å²) < 4.78 is 53.2. The lowest BCUT2D eigenvalue weighted by Gasteiger charge is -2.31. The van der Waals surface area contributed by atoms with Crippen LogP contribution in [0, 0.1) is 11.7 Å². The zero-order valence-electron chi connectivity index (χ0n) is 19.6. The van der Waals surface area contributed by atoms with Crippen LogP contribution in [0.15, 0.2) is 48.7 Å². The smallest absolute Gasteiger partial charge is 0.367 e. The van der Waals surface area contributed by atoms with Crippen LogP contribution in [0.4, 0.5) is 23.4 Å². The fraction of sp³-hybridized carbons (Fsp3) is 0.370. The molecule has 2 aromatic heterocycles. The molecule has 4 aromatic rings. The molecule has 1 N–H and O–H groups in total. The largest absolute Gasteiger partial charge is 0.416 e. The summed E-state index contributed by atoms with van der Waals surface area (Å²) in [6, 6.07) is 10.2. The SMILES string of the molecule is CC(C[C@H]1CC[C@@H](c2ccnc3ccc(F)cc32)CC1)Nc1nc(Cl)nc2cc(C(F)(F)F)ccc12. The van der Waals surface area contributed by atoms with Crippen molar-refractivity contribution in [1.82, 2.24) is 15.0 Å². The number of hydrogen-bond donors (Lipinski definition) is 1. The van der Waals surface area contributed by atoms with Crippen LogP contribution in [0.5, 0.6) is 0 Å². The number of aromatic nitrogens is 3. The highest BCUT2D eigenvalue weighted by Crippen LogP contribution is 2.40. The first-order valence-electron chi connectivity index (χ1n) is 12.0. The quantitative estimate of drug-likeness (QED) is 0.215. The minimum Gasteiger partial charge on any atom is -0.367 e. The van der Waals surface area contributed by atoms with Crippen LogP contribution in [0.1, 0.15) is 56.1 Å². The first-order chi connectivity index (χ1) is 17.2. The van der Waals surface area contributed by atoms with E-state index in [1.54, 1.807) is 18.3 Å². The maximum absolute atomic E-state index is 13.9. The Labute approximate surface area is 211 Å². The molecule has 1 fully saturated rings. The lowest BCUT2D eigenvalue weighted by Crippen LogP contribution is -2.23. The molecule has 0 saturated heterocycles. The lowest BCUT2D eigenvalue weighted by atomic mass is 9.76. The minimum absolute atomic E-state index is 0.0406. The molecule has 2 aromatic carbocycles. The topological polar surface area (TPSA) is 50.7 Å². The van der Waals surface area contributed by atoms with Gasteiger partial charge in [-0.15, -0.1) is 0 Å². The Kier molecular flexibility index (Phi) is 6.72. The van der Waals surface area contributed by atoms with Crippen LogP contribution in [0.25, 0.3) is 21.8 Å². The van der Waals surface area contributed by atoms with Gasteiger partial charge in [0.1, 0.15) is 11.6 Å². The third kappa shape index (κ3) is 5.24. The van der Waals surface area contributed by atoms with Gasteiger partial charge in [0.25, 0.3) is 0 Å². The number of fused-ring (bicyclic) bond motifs is 2. The molecule has 1 unspecified atom stereocenters. The van der Waals surface area contributed by atoms with Crippen molar-refractivity contribution in [3.05, 3.63) is 70.9 Å². The maximum Gasteiger partial charge on any atom is 0.416 e. The Hall–Kier alpha value is -3.00. The van der Waals surface area contributed by atoms with Gasteiger partial charge in [0, 0.05) is 23.0 Å². The van der Waals surface area contributed by atoms with E-state index in [1.165, 1.54) is 12.1 Å². The third-order valence-corrected chi connectivity index (χ3v) is 7.26. The Morgan fingerprint density at radius 3 is 2.50 bits per heavy atom. The van der Waals surface area contributed by atoms with Crippen LogP contribution in [0.2, 0.25) is 5.28 Å². The van der Waals surface area contributed by atoms with Gasteiger partial charge in [-0.05, 0) is 110 Å². The molecule has 1 atom stereocenters. The number of anilines is 1. The summed E-state index contributed by atoms with van der Waals surface area (Å²) in [6.45, 7) is 2.04. The molecule has 0 spiro atoms. The van der Waals surface area contributed by atoms with E-state index >= 15 is 0 Å². The van der Waals surface area contributed by atoms with Gasteiger partial charge >= 0.3 is 6.18 Å². The van der Waals surface area contributed by atoms with Gasteiger partial charge in [-0.25, -0.2) is 14.4 Å². The minimum atomic E-state index is -4.46. The Morgan fingerprint density at radius 2 is 1.75 bits per heavy atom. The van der Waals surface area contributed by atoms with E-state index in [0.29, 0.717) is 23.0 Å². The molecule has 0 bridgehead atoms. The molecular weight excluding hydrogens is 492 g/mol. The van der Waals surface area contributed by atoms with Gasteiger partial charge in [-0.3, -0.25) is 4.98 Å². The number of nitrogens with zero attached hydrogens (tertiary/aromatic N) is 3. The lowest BCUT2D eigenvalue weighted by molar-refractivity contribution is -0.137. The van der Waals surface area contributed by atoms with Crippen LogP contribution < -0.4 is 5.32 Å². The van der Waals surface area contributed by atoms with Crippen molar-refractivity contribution in [2.45, 2.75) is 57.2 Å². The second-order valence-electron chi connectivity index (χ2n) is 9.63. The zero-order chi connectivity index (χ0) is 25.4. The molecule has 188 valence electrons. The highest BCUT2D eigenvalue weighted by Gasteiger charge is 2.31. The number of rotatable bonds is 5. The molecule has 0 radical (unpaired) electrons. The summed E-state index contributed by atoms with van der Waals surface area (Å²) in [6.07, 6.45) is 2.32. The average Bonchev–Trinajstić information content (AvgIpc) is 2.83. The first-order valence-corrected chi connectivity index (χ1v) is 12.4. The van der Waals surface area contributed by atoms with E-state index in [1.807, 2.05) is 13.0 Å². The van der Waals surface area contributed by atoms with Crippen molar-refractivity contribution in [2.75, 3.05) is 5.32 Å². The zero-order valence-corrected chi connectivity index (χ0v) is 20.4. The molecule has 5 rings (SSSR count). The monoisotopic (exact) mass is 516 g/mol. The predicted molar refractivity (Wildman–Crippen MR) is 134 cm³/mol. The predicted octanol–water partition coefficient (Wildman–Crippen LogP) is 8.15. The van der Waals surface area contributed by atoms with Gasteiger partial charge < -0.3 is 5.32 Å². The van der Waals surface area contributed by atoms with E-state index in [9.17, 15) is 17.6 Å². The van der Waals surface area contributed by atoms with Crippen LogP contribution >= 0.6 is 11.6 Å². The van der Waals surface area contributed by atoms with Crippen molar-refractivity contribution in [1.29, 1.82) is 0 Å². The molecule has 9 heteroatoms. The van der Waals surface area contributed by atoms with E-state index in [0.717, 1.165) is 60.7 Å². The summed E-state index contributed by atoms with van der Waals surface area (Å²) in [5.41, 5.74) is 1.35. The molecule has 36 heavy (non-hydrogen) atoms. The number of hydrogen-bond acceptors (Lipinski definition) is 4. The second kappa shape index (κ2) is 9.81. The van der Waals surface area contributed by atoms with Crippen molar-refractivity contribution in [3.8, 4) is 0 Å². The van der Waals surface area contributed by atoms with Crippen LogP contribution in [-0.2, 0) is 6.18 Å². The molecule has 4 nitrogen and oxygen atoms in total. The molecule has 0 aliphatic heterocycles. The first kappa shape index (κ1) is 24.7. The van der Waals surface area contributed by atoms with E-state index in [4.69, 9.17) is 11.6 Å². The molecule has 1 aliphatic rings. The summed E-state index contributed by atoms with van der Waals surface area (Å²) in [4.78, 5) is 12.6. The maximum atomic E-state index is 13.9. The van der Waals surface area contributed by atoms with Crippen LogP contribution in [0.3, 0.4) is 0 Å². The molecular formula is C27H25ClF4N4. The van der Waals surface area contributed by atoms with Gasteiger partial charge in [0.2, 0.25) is 5.28 Å². The summed E-state index contributed by atoms with van der Waals surface area (Å²) in [5.74, 6) is 1.04. The average molecular weight is 517 g/mol. The standard InChI is InChI=1S/C27H25ClF4N4/c1-15(34-25-21-8-6-18(27(30,31)32)13-24(21)35-26(28)36-25)12-16-2-4-17(5-3-16)20-10-11-33-23-9-7-19(29)14-22(20)23/h6-11,13-17H,2-5,12H2,1H3,(H,34,35,36)/t15?,16-,17+. The van der Waals surface area contributed by atoms with Crippen molar-refractivity contribution in [2.24, 2.45) is 5.92 Å². The number of benzene rings is 2. The molecule has 0 amide bonds. The van der Waals surface area contributed by atoms with Crippen molar-refractivity contribution >= 4 is 39.2 Å². The van der Waals surface area contributed by atoms with Gasteiger partial charge in [-0.2, -0.15) is 13.2 Å². The molecule has 1 aliphatic carbocycles. The Morgan fingerprint density at radius 1 is 0.972 bits per heavy atom. The van der Waals surface area contributed by atoms with Gasteiger partial charge in [-0.1, -0.05) is 0 Å². The van der Waals surface area contributed by atoms with Crippen molar-refractivity contribution in [3.63, 3.8) is 0 Å². The number of alkyl halides is 3. The summed E-state index contributed by atoms with van der Waals surface area (Å²) in [5, 5.41) is 4.62. The summed E-state index contributed by atoms with van der Waals surface area (Å²) in [7, 11) is 0. The van der Waals surface area contributed by atoms with Gasteiger partial charge in [0.05, 0.1) is 16.6 Å². The Balaban J connectivity index is 1.25. The van der Waals surface area contributed by atoms with E-state index < -0.39 is 11.7 Å². The van der Waals surface area contributed by atoms with E-state index in [-0.39, 0.29) is 22.7 Å². The number of nitrogens with one attached hydrogen (secondary N) is 1. The highest BCUT2D eigenvalue weighted by atomic mass is 35.5. The highest BCUT2D eigenvalue weighted by molar-refractivity contribution is 6.28. The van der Waals surface area contributed by atoms with E-state index in [2.05, 4.69) is 20.3 Å². The van der Waals surface area contributed by atoms with Gasteiger partial charge in [0.15, 0.2) is 0 Å². The number of pyridine rings is 1. The third-order valence-electron chi connectivity index (χ3n) is 7.09. The molecule has 1 saturated carbocycles. The molecule has 2 heterocycles. The second-order valence-corrected chi connectivity index (χ2v) is 9.97. The van der Waals surface area contributed by atoms with Crippen LogP contribution in [-0.4, -0.2) is 21.0 Å². The summed E-state index contributed by atoms with van der Waals surface area (Å²) >= 11 is 6.02. The normalized spacial score (nSPS) is 19.5. The van der Waals surface area contributed by atoms with Crippen molar-refractivity contribution < 1.29 is 17.6 Å².